The molecule has 0 aliphatic carbocycles. The van der Waals surface area contributed by atoms with Crippen LogP contribution in [-0.2, 0) is 6.42 Å². The maximum atomic E-state index is 13.4. The Kier molecular flexibility index (Phi) is 4.28. The third-order valence-corrected chi connectivity index (χ3v) is 3.12. The van der Waals surface area contributed by atoms with Gasteiger partial charge in [0.25, 0.3) is 0 Å². The first-order chi connectivity index (χ1) is 8.70. The van der Waals surface area contributed by atoms with Crippen molar-refractivity contribution in [3.05, 3.63) is 64.7 Å². The van der Waals surface area contributed by atoms with Gasteiger partial charge in [0.05, 0.1) is 16.8 Å². The predicted molar refractivity (Wildman–Crippen MR) is 71.2 cm³/mol. The highest BCUT2D eigenvalue weighted by molar-refractivity contribution is 6.30. The lowest BCUT2D eigenvalue weighted by Crippen LogP contribution is -2.19. The summed E-state index contributed by atoms with van der Waals surface area (Å²) in [5.74, 6) is -0.384. The Morgan fingerprint density at radius 1 is 1.33 bits per heavy atom. The Morgan fingerprint density at radius 2 is 2.17 bits per heavy atom. The van der Waals surface area contributed by atoms with Crippen molar-refractivity contribution in [2.24, 2.45) is 0 Å². The van der Waals surface area contributed by atoms with Gasteiger partial charge in [0.1, 0.15) is 5.82 Å². The van der Waals surface area contributed by atoms with Crippen LogP contribution in [0, 0.1) is 5.82 Å². The molecule has 0 aliphatic heterocycles. The summed E-state index contributed by atoms with van der Waals surface area (Å²) in [5, 5.41) is 3.33. The van der Waals surface area contributed by atoms with Gasteiger partial charge in [0.2, 0.25) is 0 Å². The number of likely N-dealkylation sites (N-methyl/N-ethyl adjacent to an activating group) is 1. The van der Waals surface area contributed by atoms with Crippen molar-refractivity contribution < 1.29 is 4.39 Å². The molecule has 0 saturated carbocycles. The average Bonchev–Trinajstić information content (AvgIpc) is 2.41. The van der Waals surface area contributed by atoms with E-state index in [9.17, 15) is 4.39 Å². The highest BCUT2D eigenvalue weighted by Crippen LogP contribution is 2.20. The number of nitrogens with zero attached hydrogens (tertiary/aromatic N) is 1. The minimum atomic E-state index is -0.384. The summed E-state index contributed by atoms with van der Waals surface area (Å²) in [5.41, 5.74) is 1.83. The van der Waals surface area contributed by atoms with Crippen LogP contribution in [-0.4, -0.2) is 12.0 Å². The quantitative estimate of drug-likeness (QED) is 0.916. The van der Waals surface area contributed by atoms with E-state index in [1.807, 2.05) is 31.3 Å². The highest BCUT2D eigenvalue weighted by atomic mass is 35.5. The number of hydrogen-bond donors (Lipinski definition) is 1. The topological polar surface area (TPSA) is 24.9 Å². The number of halogens is 2. The SMILES string of the molecule is CNC(Cc1ccc(Cl)c(F)c1)c1ccccn1. The minimum Gasteiger partial charge on any atom is -0.311 e. The molecule has 0 aliphatic rings. The van der Waals surface area contributed by atoms with Crippen LogP contribution in [0.1, 0.15) is 17.3 Å². The highest BCUT2D eigenvalue weighted by Gasteiger charge is 2.12. The summed E-state index contributed by atoms with van der Waals surface area (Å²) < 4.78 is 13.4. The number of aromatic nitrogens is 1. The van der Waals surface area contributed by atoms with Crippen molar-refractivity contribution in [2.45, 2.75) is 12.5 Å². The van der Waals surface area contributed by atoms with Crippen molar-refractivity contribution in [1.82, 2.24) is 10.3 Å². The number of hydrogen-bond acceptors (Lipinski definition) is 2. The number of nitrogens with one attached hydrogen (secondary N) is 1. The molecule has 0 saturated heterocycles. The molecular weight excluding hydrogens is 251 g/mol. The Morgan fingerprint density at radius 3 is 2.78 bits per heavy atom. The Balaban J connectivity index is 2.18. The zero-order chi connectivity index (χ0) is 13.0. The Labute approximate surface area is 111 Å². The smallest absolute Gasteiger partial charge is 0.142 e. The van der Waals surface area contributed by atoms with E-state index in [1.165, 1.54) is 6.07 Å². The zero-order valence-corrected chi connectivity index (χ0v) is 10.8. The van der Waals surface area contributed by atoms with Crippen LogP contribution >= 0.6 is 11.6 Å². The van der Waals surface area contributed by atoms with E-state index in [4.69, 9.17) is 11.6 Å². The molecule has 1 heterocycles. The molecule has 0 bridgehead atoms. The van der Waals surface area contributed by atoms with Crippen LogP contribution in [0.2, 0.25) is 5.02 Å². The molecule has 4 heteroatoms. The summed E-state index contributed by atoms with van der Waals surface area (Å²) in [6.07, 6.45) is 2.42. The second-order valence-corrected chi connectivity index (χ2v) is 4.46. The maximum absolute atomic E-state index is 13.4. The summed E-state index contributed by atoms with van der Waals surface area (Å²) in [6.45, 7) is 0. The van der Waals surface area contributed by atoms with E-state index in [-0.39, 0.29) is 16.9 Å². The van der Waals surface area contributed by atoms with Crippen molar-refractivity contribution >= 4 is 11.6 Å². The monoisotopic (exact) mass is 264 g/mol. The van der Waals surface area contributed by atoms with Gasteiger partial charge in [-0.3, -0.25) is 4.98 Å². The van der Waals surface area contributed by atoms with Gasteiger partial charge in [0.15, 0.2) is 0 Å². The Bertz CT molecular complexity index is 516. The number of rotatable bonds is 4. The van der Waals surface area contributed by atoms with E-state index in [1.54, 1.807) is 12.3 Å². The Hall–Kier alpha value is -1.45. The second-order valence-electron chi connectivity index (χ2n) is 4.05. The van der Waals surface area contributed by atoms with Crippen LogP contribution < -0.4 is 5.32 Å². The van der Waals surface area contributed by atoms with Gasteiger partial charge < -0.3 is 5.32 Å². The van der Waals surface area contributed by atoms with Gasteiger partial charge in [-0.15, -0.1) is 0 Å². The summed E-state index contributed by atoms with van der Waals surface area (Å²) in [6, 6.07) is 10.7. The average molecular weight is 265 g/mol. The lowest BCUT2D eigenvalue weighted by atomic mass is 10.0. The van der Waals surface area contributed by atoms with Crippen LogP contribution in [0.3, 0.4) is 0 Å². The number of pyridine rings is 1. The van der Waals surface area contributed by atoms with Crippen molar-refractivity contribution in [1.29, 1.82) is 0 Å². The van der Waals surface area contributed by atoms with Gasteiger partial charge in [-0.05, 0) is 43.3 Å². The fourth-order valence-electron chi connectivity index (χ4n) is 1.84. The number of benzene rings is 1. The molecule has 2 aromatic rings. The third-order valence-electron chi connectivity index (χ3n) is 2.82. The molecule has 1 atom stereocenters. The molecule has 2 rings (SSSR count). The first kappa shape index (κ1) is 13.0. The molecule has 18 heavy (non-hydrogen) atoms. The first-order valence-electron chi connectivity index (χ1n) is 5.73. The van der Waals surface area contributed by atoms with Gasteiger partial charge in [0, 0.05) is 6.20 Å². The van der Waals surface area contributed by atoms with Crippen molar-refractivity contribution in [3.8, 4) is 0 Å². The third kappa shape index (κ3) is 3.06. The van der Waals surface area contributed by atoms with Crippen LogP contribution in [0.5, 0.6) is 0 Å². The molecule has 0 amide bonds. The zero-order valence-electron chi connectivity index (χ0n) is 10.0. The van der Waals surface area contributed by atoms with Crippen LogP contribution in [0.15, 0.2) is 42.6 Å². The van der Waals surface area contributed by atoms with E-state index < -0.39 is 0 Å². The summed E-state index contributed by atoms with van der Waals surface area (Å²) in [7, 11) is 1.87. The van der Waals surface area contributed by atoms with Gasteiger partial charge in [-0.1, -0.05) is 23.7 Å². The molecule has 0 fully saturated rings. The van der Waals surface area contributed by atoms with Gasteiger partial charge in [-0.25, -0.2) is 4.39 Å². The van der Waals surface area contributed by atoms with E-state index in [0.29, 0.717) is 6.42 Å². The fourth-order valence-corrected chi connectivity index (χ4v) is 1.96. The molecule has 2 nitrogen and oxygen atoms in total. The molecule has 1 N–H and O–H groups in total. The molecule has 0 spiro atoms. The van der Waals surface area contributed by atoms with Crippen molar-refractivity contribution in [2.75, 3.05) is 7.05 Å². The van der Waals surface area contributed by atoms with E-state index in [0.717, 1.165) is 11.3 Å². The molecule has 1 aromatic carbocycles. The summed E-state index contributed by atoms with van der Waals surface area (Å²) >= 11 is 5.67. The first-order valence-corrected chi connectivity index (χ1v) is 6.10. The maximum Gasteiger partial charge on any atom is 0.142 e. The van der Waals surface area contributed by atoms with Crippen LogP contribution in [0.25, 0.3) is 0 Å². The van der Waals surface area contributed by atoms with Gasteiger partial charge in [-0.2, -0.15) is 0 Å². The predicted octanol–water partition coefficient (Wildman–Crippen LogP) is 3.38. The second kappa shape index (κ2) is 5.94. The molecule has 1 unspecified atom stereocenters. The largest absolute Gasteiger partial charge is 0.311 e. The molecule has 1 aromatic heterocycles. The van der Waals surface area contributed by atoms with E-state index >= 15 is 0 Å². The standard InChI is InChI=1S/C14H14ClFN2/c1-17-14(13-4-2-3-7-18-13)9-10-5-6-11(15)12(16)8-10/h2-8,14,17H,9H2,1H3. The lowest BCUT2D eigenvalue weighted by Gasteiger charge is -2.15. The van der Waals surface area contributed by atoms with E-state index in [2.05, 4.69) is 10.3 Å². The van der Waals surface area contributed by atoms with Crippen molar-refractivity contribution in [3.63, 3.8) is 0 Å². The normalized spacial score (nSPS) is 12.4. The molecule has 0 radical (unpaired) electrons. The molecular formula is C14H14ClFN2. The molecule has 94 valence electrons. The fraction of sp³-hybridized carbons (Fsp3) is 0.214. The minimum absolute atomic E-state index is 0.0618. The van der Waals surface area contributed by atoms with Gasteiger partial charge >= 0.3 is 0 Å². The van der Waals surface area contributed by atoms with Crippen LogP contribution in [0.4, 0.5) is 4.39 Å². The summed E-state index contributed by atoms with van der Waals surface area (Å²) in [4.78, 5) is 4.30. The lowest BCUT2D eigenvalue weighted by molar-refractivity contribution is 0.570.